The average Bonchev–Trinajstić information content (AvgIpc) is 3.18. The van der Waals surface area contributed by atoms with Gasteiger partial charge in [0.1, 0.15) is 11.6 Å². The number of likely N-dealkylation sites (N-methyl/N-ethyl adjacent to an activating group) is 1. The van der Waals surface area contributed by atoms with Crippen molar-refractivity contribution in [3.05, 3.63) is 100 Å². The number of halogens is 1. The number of carbonyl (C=O) groups is 1. The van der Waals surface area contributed by atoms with Crippen LogP contribution >= 0.6 is 11.8 Å². The number of aliphatic imine (C=N–C) groups is 1. The molecule has 3 aromatic rings. The van der Waals surface area contributed by atoms with E-state index >= 15 is 4.39 Å². The minimum atomic E-state index is -0.364. The number of rotatable bonds is 5. The first-order chi connectivity index (χ1) is 18.2. The van der Waals surface area contributed by atoms with E-state index in [1.54, 1.807) is 24.2 Å². The largest absolute Gasteiger partial charge is 0.497 e. The Bertz CT molecular complexity index is 1480. The van der Waals surface area contributed by atoms with E-state index in [0.29, 0.717) is 22.2 Å². The van der Waals surface area contributed by atoms with Crippen molar-refractivity contribution >= 4 is 45.9 Å². The number of amidine groups is 1. The Hall–Kier alpha value is -3.84. The van der Waals surface area contributed by atoms with Crippen LogP contribution in [0.1, 0.15) is 37.5 Å². The molecule has 0 aromatic heterocycles. The molecule has 0 atom stereocenters. The van der Waals surface area contributed by atoms with Crippen molar-refractivity contribution in [2.45, 2.75) is 32.9 Å². The number of amides is 1. The molecule has 0 aliphatic carbocycles. The summed E-state index contributed by atoms with van der Waals surface area (Å²) in [6, 6.07) is 20.5. The minimum Gasteiger partial charge on any atom is -0.497 e. The van der Waals surface area contributed by atoms with Gasteiger partial charge in [0.05, 0.1) is 29.8 Å². The molecule has 5 nitrogen and oxygen atoms in total. The molecule has 7 heteroatoms. The lowest BCUT2D eigenvalue weighted by atomic mass is 9.88. The Morgan fingerprint density at radius 1 is 1.08 bits per heavy atom. The fraction of sp³-hybridized carbons (Fsp3) is 0.226. The molecule has 38 heavy (non-hydrogen) atoms. The molecule has 0 N–H and O–H groups in total. The predicted molar refractivity (Wildman–Crippen MR) is 155 cm³/mol. The maximum absolute atomic E-state index is 15.4. The van der Waals surface area contributed by atoms with Crippen molar-refractivity contribution in [1.82, 2.24) is 4.90 Å². The van der Waals surface area contributed by atoms with Crippen LogP contribution in [0.15, 0.2) is 82.7 Å². The lowest BCUT2D eigenvalue weighted by molar-refractivity contribution is -0.122. The second-order valence-electron chi connectivity index (χ2n) is 10.0. The summed E-state index contributed by atoms with van der Waals surface area (Å²) in [6.45, 7) is 6.59. The number of nitrogens with zero attached hydrogens (tertiary/aromatic N) is 3. The summed E-state index contributed by atoms with van der Waals surface area (Å²) in [6.07, 6.45) is 3.82. The standard InChI is InChI=1S/C31H30FN3O2S/c1-20-18-31(2,3)34(4)27-17-26(32)22(15-25(20)27)16-28-29(36)35(19-21-11-13-24(37-5)14-12-21)30(38-28)33-23-9-7-6-8-10-23/h6-18H,19H2,1-5H3/b28-16+,33-30?. The van der Waals surface area contributed by atoms with Crippen molar-refractivity contribution in [2.24, 2.45) is 4.99 Å². The van der Waals surface area contributed by atoms with Gasteiger partial charge in [0.15, 0.2) is 5.17 Å². The first-order valence-electron chi connectivity index (χ1n) is 12.4. The van der Waals surface area contributed by atoms with Gasteiger partial charge in [-0.3, -0.25) is 9.69 Å². The zero-order valence-corrected chi connectivity index (χ0v) is 23.0. The van der Waals surface area contributed by atoms with Crippen LogP contribution in [-0.2, 0) is 11.3 Å². The Morgan fingerprint density at radius 3 is 2.47 bits per heavy atom. The molecule has 0 spiro atoms. The smallest absolute Gasteiger partial charge is 0.267 e. The van der Waals surface area contributed by atoms with Gasteiger partial charge >= 0.3 is 0 Å². The molecule has 0 saturated carbocycles. The van der Waals surface area contributed by atoms with E-state index in [0.717, 1.165) is 33.8 Å². The summed E-state index contributed by atoms with van der Waals surface area (Å²) in [5, 5.41) is 0.555. The maximum Gasteiger partial charge on any atom is 0.267 e. The minimum absolute atomic E-state index is 0.205. The third-order valence-corrected chi connectivity index (χ3v) is 8.00. The van der Waals surface area contributed by atoms with E-state index in [2.05, 4.69) is 24.8 Å². The number of thioether (sulfide) groups is 1. The fourth-order valence-corrected chi connectivity index (χ4v) is 5.69. The number of ether oxygens (including phenoxy) is 1. The van der Waals surface area contributed by atoms with Gasteiger partial charge in [-0.1, -0.05) is 36.4 Å². The Labute approximate surface area is 227 Å². The van der Waals surface area contributed by atoms with Gasteiger partial charge < -0.3 is 9.64 Å². The zero-order chi connectivity index (χ0) is 27.0. The van der Waals surface area contributed by atoms with Gasteiger partial charge in [-0.15, -0.1) is 0 Å². The first-order valence-corrected chi connectivity index (χ1v) is 13.2. The summed E-state index contributed by atoms with van der Waals surface area (Å²) in [5.41, 5.74) is 4.73. The Balaban J connectivity index is 1.53. The van der Waals surface area contributed by atoms with E-state index in [1.165, 1.54) is 11.8 Å². The summed E-state index contributed by atoms with van der Waals surface area (Å²) >= 11 is 1.26. The van der Waals surface area contributed by atoms with Crippen LogP contribution in [-0.4, -0.2) is 35.7 Å². The molecular formula is C31H30FN3O2S. The van der Waals surface area contributed by atoms with Gasteiger partial charge in [0.25, 0.3) is 5.91 Å². The second-order valence-corrected chi connectivity index (χ2v) is 11.0. The number of para-hydroxylation sites is 1. The topological polar surface area (TPSA) is 45.1 Å². The van der Waals surface area contributed by atoms with Gasteiger partial charge in [-0.25, -0.2) is 9.38 Å². The van der Waals surface area contributed by atoms with Crippen LogP contribution in [0, 0.1) is 5.82 Å². The molecule has 1 fully saturated rings. The van der Waals surface area contributed by atoms with Crippen LogP contribution in [0.4, 0.5) is 15.8 Å². The van der Waals surface area contributed by atoms with Crippen LogP contribution in [0.25, 0.3) is 11.6 Å². The van der Waals surface area contributed by atoms with Gasteiger partial charge in [-0.2, -0.15) is 0 Å². The first kappa shape index (κ1) is 25.8. The van der Waals surface area contributed by atoms with Crippen LogP contribution < -0.4 is 9.64 Å². The highest BCUT2D eigenvalue weighted by Crippen LogP contribution is 2.41. The third kappa shape index (κ3) is 4.98. The molecule has 0 unspecified atom stereocenters. The summed E-state index contributed by atoms with van der Waals surface area (Å²) < 4.78 is 20.7. The highest BCUT2D eigenvalue weighted by Gasteiger charge is 2.34. The van der Waals surface area contributed by atoms with Crippen LogP contribution in [0.5, 0.6) is 5.75 Å². The van der Waals surface area contributed by atoms with Gasteiger partial charge in [0, 0.05) is 23.9 Å². The maximum atomic E-state index is 15.4. The van der Waals surface area contributed by atoms with Gasteiger partial charge in [0.2, 0.25) is 0 Å². The third-order valence-electron chi connectivity index (χ3n) is 6.99. The molecule has 0 bridgehead atoms. The van der Waals surface area contributed by atoms with Gasteiger partial charge in [-0.05, 0) is 86.1 Å². The SMILES string of the molecule is COc1ccc(CN2C(=O)/C(=C\c3cc4c(cc3F)N(C)C(C)(C)C=C4C)SC2=Nc2ccccc2)cc1. The second kappa shape index (κ2) is 10.1. The van der Waals surface area contributed by atoms with Crippen molar-refractivity contribution in [2.75, 3.05) is 19.1 Å². The summed E-state index contributed by atoms with van der Waals surface area (Å²) in [7, 11) is 3.59. The summed E-state index contributed by atoms with van der Waals surface area (Å²) in [5.74, 6) is 0.177. The number of hydrogen-bond acceptors (Lipinski definition) is 5. The lowest BCUT2D eigenvalue weighted by Crippen LogP contribution is -2.42. The molecule has 0 radical (unpaired) electrons. The summed E-state index contributed by atoms with van der Waals surface area (Å²) in [4.78, 5) is 22.5. The van der Waals surface area contributed by atoms with E-state index in [1.807, 2.05) is 74.6 Å². The number of fused-ring (bicyclic) bond motifs is 1. The van der Waals surface area contributed by atoms with E-state index in [-0.39, 0.29) is 17.3 Å². The molecule has 2 heterocycles. The number of carbonyl (C=O) groups excluding carboxylic acids is 1. The molecular weight excluding hydrogens is 497 g/mol. The molecule has 1 amide bonds. The molecule has 194 valence electrons. The van der Waals surface area contributed by atoms with E-state index in [9.17, 15) is 4.79 Å². The quantitative estimate of drug-likeness (QED) is 0.327. The fourth-order valence-electron chi connectivity index (χ4n) is 4.70. The number of anilines is 1. The number of methoxy groups -OCH3 is 1. The average molecular weight is 528 g/mol. The van der Waals surface area contributed by atoms with Crippen LogP contribution in [0.3, 0.4) is 0 Å². The molecule has 1 saturated heterocycles. The van der Waals surface area contributed by atoms with E-state index < -0.39 is 0 Å². The predicted octanol–water partition coefficient (Wildman–Crippen LogP) is 7.27. The van der Waals surface area contributed by atoms with Crippen molar-refractivity contribution in [3.63, 3.8) is 0 Å². The van der Waals surface area contributed by atoms with Crippen molar-refractivity contribution < 1.29 is 13.9 Å². The molecule has 2 aliphatic heterocycles. The Morgan fingerprint density at radius 2 is 1.79 bits per heavy atom. The van der Waals surface area contributed by atoms with E-state index in [4.69, 9.17) is 9.73 Å². The normalized spacial score (nSPS) is 18.7. The van der Waals surface area contributed by atoms with Crippen molar-refractivity contribution in [3.8, 4) is 5.75 Å². The number of benzene rings is 3. The number of allylic oxidation sites excluding steroid dienone is 1. The number of hydrogen-bond donors (Lipinski definition) is 0. The lowest BCUT2D eigenvalue weighted by Gasteiger charge is -2.40. The molecule has 2 aliphatic rings. The Kier molecular flexibility index (Phi) is 6.88. The zero-order valence-electron chi connectivity index (χ0n) is 22.2. The van der Waals surface area contributed by atoms with Crippen molar-refractivity contribution in [1.29, 1.82) is 0 Å². The molecule has 5 rings (SSSR count). The van der Waals surface area contributed by atoms with Crippen LogP contribution in [0.2, 0.25) is 0 Å². The molecule has 3 aromatic carbocycles. The monoisotopic (exact) mass is 527 g/mol. The highest BCUT2D eigenvalue weighted by atomic mass is 32.2. The highest BCUT2D eigenvalue weighted by molar-refractivity contribution is 8.18.